The van der Waals surface area contributed by atoms with Gasteiger partial charge in [0.1, 0.15) is 42.5 Å². The number of hydrogen-bond donors (Lipinski definition) is 15. The molecule has 0 aliphatic heterocycles. The molecule has 3 fully saturated rings. The van der Waals surface area contributed by atoms with Crippen LogP contribution in [0.3, 0.4) is 0 Å². The van der Waals surface area contributed by atoms with Crippen molar-refractivity contribution in [3.63, 3.8) is 0 Å². The Morgan fingerprint density at radius 2 is 0.774 bits per heavy atom. The van der Waals surface area contributed by atoms with Crippen molar-refractivity contribution in [3.05, 3.63) is 190 Å². The second kappa shape index (κ2) is 58.7. The van der Waals surface area contributed by atoms with Gasteiger partial charge in [-0.15, -0.1) is 0 Å². The number of nitrogens with one attached hydrogen (secondary N) is 2. The van der Waals surface area contributed by atoms with E-state index in [0.717, 1.165) is 207 Å². The first-order valence-electron chi connectivity index (χ1n) is 47.3. The molecule has 31 heteroatoms. The number of unbranched alkanes of at least 4 members (excludes halogenated alkanes) is 6. The highest BCUT2D eigenvalue weighted by atomic mass is 32.2. The number of rotatable bonds is 44. The van der Waals surface area contributed by atoms with Crippen molar-refractivity contribution in [1.82, 2.24) is 10.6 Å². The maximum absolute atomic E-state index is 12.6. The normalized spacial score (nSPS) is 21.6. The van der Waals surface area contributed by atoms with Gasteiger partial charge in [-0.1, -0.05) is 194 Å². The molecule has 0 heterocycles. The third-order valence-corrected chi connectivity index (χ3v) is 26.9. The van der Waals surface area contributed by atoms with E-state index in [-0.39, 0.29) is 98.3 Å². The van der Waals surface area contributed by atoms with Crippen LogP contribution in [0.2, 0.25) is 0 Å². The number of fused-ring (bicyclic) bond motifs is 6. The smallest absolute Gasteiger partial charge is 0.341 e. The van der Waals surface area contributed by atoms with Crippen molar-refractivity contribution < 1.29 is 131 Å². The Balaban J connectivity index is 0.000000237. The lowest BCUT2D eigenvalue weighted by Gasteiger charge is -2.32. The highest BCUT2D eigenvalue weighted by Crippen LogP contribution is 2.52. The van der Waals surface area contributed by atoms with Gasteiger partial charge in [-0.2, -0.15) is 8.42 Å². The third-order valence-electron chi connectivity index (χ3n) is 26.0. The van der Waals surface area contributed by atoms with Gasteiger partial charge in [-0.25, -0.2) is 14.4 Å². The second-order valence-electron chi connectivity index (χ2n) is 35.7. The van der Waals surface area contributed by atoms with E-state index >= 15 is 0 Å². The number of carboxylic acids is 2. The van der Waals surface area contributed by atoms with Crippen LogP contribution in [0.15, 0.2) is 150 Å². The molecule has 0 aromatic heterocycles. The molecule has 6 aliphatic rings. The standard InChI is InChI=1S/C33H45NO7.C26H39NO7.C23H34O5.C10H13NO3.C6H6O3S.C4H8O2/c1-2-3-5-12-25(36)14-15-26-27-16-23-11-8-13-31(28(23)17-24(27)18-30(26)37)40-21-32(38)34-29(19-35)33(39)41-20-22-9-6-4-7-10-22;1-2-3-4-7-18(29)9-10-19-20-11-16-6-5-8-24(21(16)12-17(20)13-23(19)30)34-15-25(31)27-22(14-28)26(32)33;1-2-3-4-7-17(24)9-10-18-19-11-15-6-5-8-22(28-14-23(26)27)20(15)12-16(19)13-21(18)25;11-9(6-12)10(13)14-7-8-4-2-1-3-5-8;7-10(8,9)6-4-2-1-3-5-6;1-3-6-4(2)5/h4,6-11,13,24-27,29-30,35-37H,2-3,5,12,14-21H2,1H3,(H,34,38);5-6,8,17-20,22-23,28-30H,2-4,7,9-15H2,1H3,(H,27,31)(H,32,33);5-6,8,16-19,21,24-25H,2-4,7,9-14H2,1H3,(H,26,27);1-5,9,12H,6-7,11H2;1-5H,(H,7,8,9);3H2,1-2H3/t24-,25-,26+,27-,29?,30+;17-,18-,19+,20-,22?,23+;16-,17-,18+,19-,21+;9-;;/m0000../s1. The van der Waals surface area contributed by atoms with Gasteiger partial charge in [-0.05, 0) is 251 Å². The van der Waals surface area contributed by atoms with E-state index in [4.69, 9.17) is 54.4 Å². The van der Waals surface area contributed by atoms with Gasteiger partial charge >= 0.3 is 29.8 Å². The zero-order valence-corrected chi connectivity index (χ0v) is 78.5. The number of aliphatic hydroxyl groups excluding tert-OH is 9. The summed E-state index contributed by atoms with van der Waals surface area (Å²) in [6, 6.07) is 39.9. The lowest BCUT2D eigenvalue weighted by atomic mass is 9.73. The average molecular weight is 1880 g/mol. The minimum absolute atomic E-state index is 0.0515. The molecule has 18 atom stereocenters. The van der Waals surface area contributed by atoms with Crippen LogP contribution in [0.4, 0.5) is 0 Å². The molecule has 16 N–H and O–H groups in total. The summed E-state index contributed by atoms with van der Waals surface area (Å²) in [6.07, 6.45) is 22.6. The number of carbonyl (C=O) groups excluding carboxylic acids is 5. The van der Waals surface area contributed by atoms with Crippen molar-refractivity contribution in [2.75, 3.05) is 46.2 Å². The molecule has 0 spiro atoms. The fraction of sp³-hybridized carbons (Fsp3) is 0.578. The van der Waals surface area contributed by atoms with E-state index in [1.54, 1.807) is 25.1 Å². The van der Waals surface area contributed by atoms with Crippen LogP contribution in [0.25, 0.3) is 0 Å². The van der Waals surface area contributed by atoms with Gasteiger partial charge in [0.2, 0.25) is 0 Å². The number of carbonyl (C=O) groups is 7. The van der Waals surface area contributed by atoms with Gasteiger partial charge in [0.05, 0.1) is 67.9 Å². The molecule has 2 amide bonds. The fourth-order valence-corrected chi connectivity index (χ4v) is 19.6. The predicted octanol–water partition coefficient (Wildman–Crippen LogP) is 10.9. The van der Waals surface area contributed by atoms with E-state index in [1.807, 2.05) is 97.1 Å². The number of carboxylic acid groups (broad SMARTS) is 2. The van der Waals surface area contributed by atoms with Crippen molar-refractivity contribution in [2.24, 2.45) is 59.0 Å². The van der Waals surface area contributed by atoms with E-state index in [9.17, 15) is 77.7 Å². The summed E-state index contributed by atoms with van der Waals surface area (Å²) in [6.45, 7) is 7.74. The lowest BCUT2D eigenvalue weighted by Crippen LogP contribution is -2.46. The molecular formula is C102H145N3O27S. The number of nitrogens with two attached hydrogens (primary N) is 1. The molecule has 12 rings (SSSR count). The Morgan fingerprint density at radius 1 is 0.429 bits per heavy atom. The zero-order chi connectivity index (χ0) is 96.9. The summed E-state index contributed by atoms with van der Waals surface area (Å²) in [7, 11) is -4.00. The van der Waals surface area contributed by atoms with E-state index in [1.165, 1.54) is 30.2 Å². The molecule has 0 bridgehead atoms. The van der Waals surface area contributed by atoms with Crippen LogP contribution in [-0.4, -0.2) is 212 Å². The maximum Gasteiger partial charge on any atom is 0.341 e. The Bertz CT molecular complexity index is 4590. The monoisotopic (exact) mass is 1880 g/mol. The summed E-state index contributed by atoms with van der Waals surface area (Å²) in [5.74, 6) is -0.194. The van der Waals surface area contributed by atoms with E-state index in [2.05, 4.69) is 54.3 Å². The van der Waals surface area contributed by atoms with Crippen LogP contribution in [0.5, 0.6) is 17.2 Å². The summed E-state index contributed by atoms with van der Waals surface area (Å²) in [4.78, 5) is 79.7. The number of aliphatic carboxylic acids is 2. The fourth-order valence-electron chi connectivity index (χ4n) is 19.1. The van der Waals surface area contributed by atoms with Gasteiger partial charge in [0.25, 0.3) is 21.9 Å². The van der Waals surface area contributed by atoms with Crippen molar-refractivity contribution in [2.45, 2.75) is 281 Å². The minimum atomic E-state index is -4.00. The largest absolute Gasteiger partial charge is 0.483 e. The van der Waals surface area contributed by atoms with Crippen LogP contribution < -0.4 is 30.6 Å². The average Bonchev–Trinajstić information content (AvgIpc) is 1.64. The van der Waals surface area contributed by atoms with Crippen molar-refractivity contribution in [3.8, 4) is 17.2 Å². The number of amides is 2. The molecule has 133 heavy (non-hydrogen) atoms. The number of hydrogen-bond acceptors (Lipinski definition) is 25. The molecule has 736 valence electrons. The SMILES string of the molecule is CCCCC[C@H](O)CC[C@@H]1[C@H]2Cc3cccc(OCC(=O)NC(CO)C(=O)O)c3C[C@H]2C[C@H]1O.CCCCC[C@H](O)CC[C@@H]1[C@H]2Cc3cccc(OCC(=O)NC(CO)C(=O)OCc4ccccc4)c3C[C@H]2C[C@H]1O.CCCCC[C@H](O)CC[C@@H]1[C@H]2Cc3cccc(OCC(=O)O)c3C[C@H]2C[C@H]1O.CCOC(C)=O.N[C@@H](CO)C(=O)OCc1ccccc1.O=S(=O)(O)c1ccccc1. The van der Waals surface area contributed by atoms with E-state index < -0.39 is 83.8 Å². The summed E-state index contributed by atoms with van der Waals surface area (Å²) >= 11 is 0. The molecule has 3 saturated carbocycles. The molecule has 6 aliphatic carbocycles. The highest BCUT2D eigenvalue weighted by molar-refractivity contribution is 7.85. The predicted molar refractivity (Wildman–Crippen MR) is 499 cm³/mol. The molecular weight excluding hydrogens is 1730 g/mol. The zero-order valence-electron chi connectivity index (χ0n) is 77.7. The Morgan fingerprint density at radius 3 is 1.08 bits per heavy atom. The summed E-state index contributed by atoms with van der Waals surface area (Å²) in [5.41, 5.74) is 13.7. The number of esters is 3. The molecule has 2 unspecified atom stereocenters. The van der Waals surface area contributed by atoms with Crippen molar-refractivity contribution in [1.29, 1.82) is 0 Å². The number of benzene rings is 6. The Labute approximate surface area is 782 Å². The van der Waals surface area contributed by atoms with Crippen molar-refractivity contribution >= 4 is 51.8 Å². The molecule has 0 saturated heterocycles. The molecule has 6 aromatic rings. The first-order valence-corrected chi connectivity index (χ1v) is 48.7. The van der Waals surface area contributed by atoms with Crippen LogP contribution in [-0.2, 0) is 110 Å². The molecule has 30 nitrogen and oxygen atoms in total. The van der Waals surface area contributed by atoms with Gasteiger partial charge < -0.3 is 101 Å². The van der Waals surface area contributed by atoms with E-state index in [0.29, 0.717) is 59.4 Å². The summed E-state index contributed by atoms with van der Waals surface area (Å²) < 4.78 is 60.9. The molecule has 0 radical (unpaired) electrons. The van der Waals surface area contributed by atoms with Gasteiger partial charge in [-0.3, -0.25) is 23.7 Å². The van der Waals surface area contributed by atoms with Crippen LogP contribution in [0, 0.1) is 53.3 Å². The van der Waals surface area contributed by atoms with Gasteiger partial charge in [0.15, 0.2) is 25.9 Å². The Hall–Kier alpha value is -9.48. The first-order chi connectivity index (χ1) is 63.8. The number of aliphatic hydroxyl groups is 9. The lowest BCUT2D eigenvalue weighted by molar-refractivity contribution is -0.150. The molecule has 6 aromatic carbocycles. The quantitative estimate of drug-likeness (QED) is 0.00731. The minimum Gasteiger partial charge on any atom is -0.483 e. The number of ether oxygens (including phenoxy) is 6. The summed E-state index contributed by atoms with van der Waals surface area (Å²) in [5, 5.41) is 113. The Kier molecular flexibility index (Phi) is 48.8. The van der Waals surface area contributed by atoms with Crippen LogP contribution >= 0.6 is 0 Å². The topological polar surface area (TPSA) is 502 Å². The second-order valence-corrected chi connectivity index (χ2v) is 37.1. The first kappa shape index (κ1) is 111. The van der Waals surface area contributed by atoms with Crippen LogP contribution in [0.1, 0.15) is 214 Å². The maximum atomic E-state index is 12.6. The van der Waals surface area contributed by atoms with Gasteiger partial charge in [0, 0.05) is 6.92 Å². The third kappa shape index (κ3) is 37.3. The highest BCUT2D eigenvalue weighted by Gasteiger charge is 2.48.